The van der Waals surface area contributed by atoms with Crippen molar-refractivity contribution in [3.05, 3.63) is 12.7 Å². The van der Waals surface area contributed by atoms with E-state index in [9.17, 15) is 10.2 Å². The van der Waals surface area contributed by atoms with Gasteiger partial charge in [-0.1, -0.05) is 0 Å². The molecule has 0 bridgehead atoms. The van der Waals surface area contributed by atoms with Crippen molar-refractivity contribution in [3.8, 4) is 0 Å². The summed E-state index contributed by atoms with van der Waals surface area (Å²) in [5.41, 5.74) is 6.44. The Balaban J connectivity index is 0.00000110. The summed E-state index contributed by atoms with van der Waals surface area (Å²) in [6.45, 7) is -0.390. The number of nitrogens with two attached hydrogens (primary N) is 1. The number of nitrogen functional groups attached to an aromatic ring is 1. The minimum Gasteiger partial charge on any atom is -0.412 e. The van der Waals surface area contributed by atoms with E-state index in [1.54, 1.807) is 0 Å². The number of hydrogen-bond acceptors (Lipinski definition) is 8. The van der Waals surface area contributed by atoms with Crippen LogP contribution < -0.4 is 5.73 Å². The third-order valence-electron chi connectivity index (χ3n) is 3.18. The van der Waals surface area contributed by atoms with Crippen molar-refractivity contribution < 1.29 is 31.0 Å². The molecule has 21 heavy (non-hydrogen) atoms. The maximum Gasteiger partial charge on any atom is 0.167 e. The van der Waals surface area contributed by atoms with Crippen molar-refractivity contribution >= 4 is 17.0 Å². The maximum atomic E-state index is 9.95. The lowest BCUT2D eigenvalue weighted by molar-refractivity contribution is -0.0511. The van der Waals surface area contributed by atoms with Gasteiger partial charge in [-0.3, -0.25) is 4.57 Å². The monoisotopic (exact) mass is 303 g/mol. The normalized spacial score (nSPS) is 28.1. The maximum absolute atomic E-state index is 9.95. The fraction of sp³-hybridized carbons (Fsp3) is 0.500. The molecule has 0 spiro atoms. The number of imidazole rings is 1. The van der Waals surface area contributed by atoms with Gasteiger partial charge < -0.3 is 36.7 Å². The first-order valence-corrected chi connectivity index (χ1v) is 5.69. The van der Waals surface area contributed by atoms with E-state index in [0.29, 0.717) is 11.2 Å². The van der Waals surface area contributed by atoms with E-state index in [1.165, 1.54) is 17.2 Å². The van der Waals surface area contributed by atoms with Gasteiger partial charge in [0, 0.05) is 0 Å². The number of hydrogen-bond donors (Lipinski definition) is 4. The molecule has 2 aromatic heterocycles. The van der Waals surface area contributed by atoms with Crippen molar-refractivity contribution in [1.29, 1.82) is 0 Å². The van der Waals surface area contributed by atoms with Gasteiger partial charge in [0.05, 0.1) is 12.9 Å². The highest BCUT2D eigenvalue weighted by Gasteiger charge is 2.43. The molecule has 1 aliphatic heterocycles. The van der Waals surface area contributed by atoms with Gasteiger partial charge in [0.2, 0.25) is 0 Å². The molecule has 0 radical (unpaired) electrons. The predicted octanol–water partition coefficient (Wildman–Crippen LogP) is -3.63. The largest absolute Gasteiger partial charge is 0.412 e. The molecule has 11 heteroatoms. The highest BCUT2D eigenvalue weighted by Crippen LogP contribution is 2.31. The lowest BCUT2D eigenvalue weighted by Gasteiger charge is -2.16. The molecule has 118 valence electrons. The second-order valence-electron chi connectivity index (χ2n) is 4.31. The Morgan fingerprint density at radius 2 is 1.90 bits per heavy atom. The van der Waals surface area contributed by atoms with Gasteiger partial charge in [-0.05, 0) is 0 Å². The zero-order valence-corrected chi connectivity index (χ0v) is 10.8. The SMILES string of the molecule is Nc1ncnc2c1ncn2[C@@H]1O[C@H](CO)[C@@H](O)[C@H]1O.O.O. The molecule has 11 nitrogen and oxygen atoms in total. The van der Waals surface area contributed by atoms with E-state index < -0.39 is 31.1 Å². The number of aromatic nitrogens is 4. The van der Waals surface area contributed by atoms with Crippen LogP contribution in [0.3, 0.4) is 0 Å². The Labute approximate surface area is 118 Å². The zero-order valence-electron chi connectivity index (χ0n) is 10.8. The molecule has 1 aliphatic rings. The number of anilines is 1. The second-order valence-corrected chi connectivity index (χ2v) is 4.31. The summed E-state index contributed by atoms with van der Waals surface area (Å²) in [6, 6.07) is 0. The van der Waals surface area contributed by atoms with E-state index in [4.69, 9.17) is 15.6 Å². The van der Waals surface area contributed by atoms with Crippen LogP contribution in [-0.2, 0) is 4.74 Å². The van der Waals surface area contributed by atoms with Crippen LogP contribution in [0.2, 0.25) is 0 Å². The predicted molar refractivity (Wildman–Crippen MR) is 70.0 cm³/mol. The van der Waals surface area contributed by atoms with Gasteiger partial charge in [-0.15, -0.1) is 0 Å². The van der Waals surface area contributed by atoms with Crippen molar-refractivity contribution in [2.75, 3.05) is 12.3 Å². The molecule has 2 aromatic rings. The molecule has 0 unspecified atom stereocenters. The molecule has 3 rings (SSSR count). The molecule has 0 aliphatic carbocycles. The lowest BCUT2D eigenvalue weighted by atomic mass is 10.1. The summed E-state index contributed by atoms with van der Waals surface area (Å²) in [6.07, 6.45) is -1.42. The standard InChI is InChI=1S/C10H13N5O4.2H2O/c11-8-5-9(13-2-12-8)15(3-14-5)10-7(18)6(17)4(1-16)19-10;;/h2-4,6-7,10,16-18H,1H2,(H2,11,12,13);2*1H2/t4-,6-,7-,10-;;/m1../s1. The summed E-state index contributed by atoms with van der Waals surface area (Å²) >= 11 is 0. The van der Waals surface area contributed by atoms with Crippen LogP contribution >= 0.6 is 0 Å². The number of fused-ring (bicyclic) bond motifs is 1. The van der Waals surface area contributed by atoms with Crippen LogP contribution in [0.15, 0.2) is 12.7 Å². The van der Waals surface area contributed by atoms with Crippen molar-refractivity contribution in [3.63, 3.8) is 0 Å². The van der Waals surface area contributed by atoms with Gasteiger partial charge in [0.25, 0.3) is 0 Å². The summed E-state index contributed by atoms with van der Waals surface area (Å²) in [4.78, 5) is 11.9. The number of rotatable bonds is 2. The summed E-state index contributed by atoms with van der Waals surface area (Å²) in [5, 5.41) is 28.7. The first-order valence-electron chi connectivity index (χ1n) is 5.69. The van der Waals surface area contributed by atoms with Gasteiger partial charge in [-0.25, -0.2) is 15.0 Å². The average molecular weight is 303 g/mol. The summed E-state index contributed by atoms with van der Waals surface area (Å²) in [5.74, 6) is 0.218. The fourth-order valence-corrected chi connectivity index (χ4v) is 2.17. The van der Waals surface area contributed by atoms with Crippen LogP contribution in [0.4, 0.5) is 5.82 Å². The van der Waals surface area contributed by atoms with E-state index in [1.807, 2.05) is 0 Å². The minimum absolute atomic E-state index is 0. The highest BCUT2D eigenvalue weighted by molar-refractivity contribution is 5.81. The van der Waals surface area contributed by atoms with Crippen molar-refractivity contribution in [2.24, 2.45) is 0 Å². The fourth-order valence-electron chi connectivity index (χ4n) is 2.17. The molecular weight excluding hydrogens is 286 g/mol. The second kappa shape index (κ2) is 6.26. The summed E-state index contributed by atoms with van der Waals surface area (Å²) in [7, 11) is 0. The highest BCUT2D eigenvalue weighted by atomic mass is 16.6. The smallest absolute Gasteiger partial charge is 0.167 e. The minimum atomic E-state index is -1.19. The van der Waals surface area contributed by atoms with Gasteiger partial charge in [0.1, 0.15) is 30.2 Å². The van der Waals surface area contributed by atoms with Gasteiger partial charge >= 0.3 is 0 Å². The van der Waals surface area contributed by atoms with Gasteiger partial charge in [-0.2, -0.15) is 0 Å². The van der Waals surface area contributed by atoms with E-state index in [0.717, 1.165) is 0 Å². The molecule has 0 saturated carbocycles. The molecule has 1 saturated heterocycles. The van der Waals surface area contributed by atoms with E-state index in [2.05, 4.69) is 15.0 Å². The Hall–Kier alpha value is -1.89. The number of ether oxygens (including phenoxy) is 1. The lowest BCUT2D eigenvalue weighted by Crippen LogP contribution is -2.33. The molecule has 4 atom stereocenters. The third kappa shape index (κ3) is 2.53. The molecule has 9 N–H and O–H groups in total. The molecular formula is C10H17N5O6. The first-order chi connectivity index (χ1) is 9.13. The Morgan fingerprint density at radius 1 is 1.19 bits per heavy atom. The van der Waals surface area contributed by atoms with Crippen LogP contribution in [-0.4, -0.2) is 70.7 Å². The number of aliphatic hydroxyl groups excluding tert-OH is 3. The average Bonchev–Trinajstić information content (AvgIpc) is 2.94. The number of aliphatic hydroxyl groups is 3. The molecule has 0 amide bonds. The Morgan fingerprint density at radius 3 is 2.52 bits per heavy atom. The topological polar surface area (TPSA) is 203 Å². The van der Waals surface area contributed by atoms with Crippen LogP contribution in [0.1, 0.15) is 6.23 Å². The first kappa shape index (κ1) is 17.2. The molecule has 1 fully saturated rings. The third-order valence-corrected chi connectivity index (χ3v) is 3.18. The van der Waals surface area contributed by atoms with Crippen molar-refractivity contribution in [1.82, 2.24) is 19.5 Å². The van der Waals surface area contributed by atoms with Gasteiger partial charge in [0.15, 0.2) is 17.7 Å². The Kier molecular flexibility index (Phi) is 5.11. The van der Waals surface area contributed by atoms with Crippen LogP contribution in [0.25, 0.3) is 11.2 Å². The number of nitrogens with zero attached hydrogens (tertiary/aromatic N) is 4. The zero-order chi connectivity index (χ0) is 13.6. The van der Waals surface area contributed by atoms with Crippen LogP contribution in [0, 0.1) is 0 Å². The van der Waals surface area contributed by atoms with E-state index in [-0.39, 0.29) is 16.8 Å². The quantitative estimate of drug-likeness (QED) is 0.434. The molecule has 3 heterocycles. The van der Waals surface area contributed by atoms with Crippen molar-refractivity contribution in [2.45, 2.75) is 24.5 Å². The molecule has 0 aromatic carbocycles. The summed E-state index contributed by atoms with van der Waals surface area (Å²) < 4.78 is 6.85. The van der Waals surface area contributed by atoms with Crippen LogP contribution in [0.5, 0.6) is 0 Å². The Bertz CT molecular complexity index is 607. The van der Waals surface area contributed by atoms with E-state index >= 15 is 0 Å².